The Labute approximate surface area is 139 Å². The number of rotatable bonds is 3. The van der Waals surface area contributed by atoms with Crippen molar-refractivity contribution < 1.29 is 14.0 Å². The maximum Gasteiger partial charge on any atom is 0.322 e. The number of nitrogens with one attached hydrogen (secondary N) is 2. The number of hydrogen-bond donors (Lipinski definition) is 2. The third-order valence-electron chi connectivity index (χ3n) is 3.97. The van der Waals surface area contributed by atoms with Gasteiger partial charge in [-0.1, -0.05) is 30.3 Å². The lowest BCUT2D eigenvalue weighted by Gasteiger charge is -2.24. The summed E-state index contributed by atoms with van der Waals surface area (Å²) < 4.78 is 13.7. The van der Waals surface area contributed by atoms with Gasteiger partial charge in [0.2, 0.25) is 5.91 Å². The van der Waals surface area contributed by atoms with Crippen molar-refractivity contribution in [1.82, 2.24) is 4.90 Å². The number of amides is 3. The van der Waals surface area contributed by atoms with E-state index >= 15 is 0 Å². The normalized spacial score (nSPS) is 16.7. The van der Waals surface area contributed by atoms with Crippen LogP contribution in [0.15, 0.2) is 54.6 Å². The van der Waals surface area contributed by atoms with Crippen LogP contribution in [0.4, 0.5) is 20.6 Å². The topological polar surface area (TPSA) is 61.4 Å². The second kappa shape index (κ2) is 7.12. The van der Waals surface area contributed by atoms with Gasteiger partial charge in [-0.3, -0.25) is 4.79 Å². The zero-order valence-corrected chi connectivity index (χ0v) is 13.0. The Hall–Kier alpha value is -2.89. The molecule has 0 spiro atoms. The molecule has 0 aliphatic carbocycles. The Kier molecular flexibility index (Phi) is 4.74. The minimum atomic E-state index is -0.558. The predicted molar refractivity (Wildman–Crippen MR) is 90.2 cm³/mol. The average molecular weight is 327 g/mol. The second-order valence-corrected chi connectivity index (χ2v) is 5.62. The molecule has 2 aromatic carbocycles. The molecule has 0 radical (unpaired) electrons. The van der Waals surface area contributed by atoms with Crippen molar-refractivity contribution in [3.63, 3.8) is 0 Å². The molecule has 124 valence electrons. The highest BCUT2D eigenvalue weighted by molar-refractivity contribution is 5.99. The van der Waals surface area contributed by atoms with Crippen molar-refractivity contribution in [2.75, 3.05) is 17.2 Å². The van der Waals surface area contributed by atoms with E-state index in [2.05, 4.69) is 10.6 Å². The number of hydrogen-bond acceptors (Lipinski definition) is 2. The van der Waals surface area contributed by atoms with Crippen LogP contribution < -0.4 is 10.6 Å². The molecule has 2 aromatic rings. The van der Waals surface area contributed by atoms with Crippen molar-refractivity contribution in [1.29, 1.82) is 0 Å². The molecule has 1 aliphatic heterocycles. The van der Waals surface area contributed by atoms with E-state index in [0.29, 0.717) is 18.7 Å². The maximum atomic E-state index is 13.7. The van der Waals surface area contributed by atoms with E-state index in [1.165, 1.54) is 17.0 Å². The molecule has 5 nitrogen and oxygen atoms in total. The van der Waals surface area contributed by atoms with Crippen LogP contribution in [0.3, 0.4) is 0 Å². The first-order valence-corrected chi connectivity index (χ1v) is 7.83. The monoisotopic (exact) mass is 327 g/mol. The van der Waals surface area contributed by atoms with Gasteiger partial charge in [0.1, 0.15) is 11.9 Å². The summed E-state index contributed by atoms with van der Waals surface area (Å²) in [4.78, 5) is 26.3. The summed E-state index contributed by atoms with van der Waals surface area (Å²) >= 11 is 0. The van der Waals surface area contributed by atoms with Gasteiger partial charge in [0.15, 0.2) is 0 Å². The van der Waals surface area contributed by atoms with Gasteiger partial charge in [0.25, 0.3) is 0 Å². The summed E-state index contributed by atoms with van der Waals surface area (Å²) in [7, 11) is 0. The van der Waals surface area contributed by atoms with Crippen LogP contribution >= 0.6 is 0 Å². The first-order chi connectivity index (χ1) is 11.6. The van der Waals surface area contributed by atoms with Crippen LogP contribution in [-0.4, -0.2) is 29.4 Å². The van der Waals surface area contributed by atoms with E-state index in [0.717, 1.165) is 6.42 Å². The van der Waals surface area contributed by atoms with E-state index in [4.69, 9.17) is 0 Å². The first kappa shape index (κ1) is 16.0. The summed E-state index contributed by atoms with van der Waals surface area (Å²) in [6.45, 7) is 0.465. The van der Waals surface area contributed by atoms with Crippen LogP contribution in [-0.2, 0) is 4.79 Å². The molecule has 3 rings (SSSR count). The number of anilines is 2. The molecule has 1 atom stereocenters. The number of halogens is 1. The molecule has 0 saturated carbocycles. The van der Waals surface area contributed by atoms with E-state index in [-0.39, 0.29) is 11.6 Å². The van der Waals surface area contributed by atoms with Crippen molar-refractivity contribution >= 4 is 23.3 Å². The molecule has 1 heterocycles. The first-order valence-electron chi connectivity index (χ1n) is 7.83. The van der Waals surface area contributed by atoms with Gasteiger partial charge < -0.3 is 15.5 Å². The second-order valence-electron chi connectivity index (χ2n) is 5.62. The van der Waals surface area contributed by atoms with Gasteiger partial charge >= 0.3 is 6.03 Å². The number of carbonyl (C=O) groups is 2. The number of urea groups is 1. The van der Waals surface area contributed by atoms with Crippen molar-refractivity contribution in [2.45, 2.75) is 18.9 Å². The van der Waals surface area contributed by atoms with Gasteiger partial charge in [-0.05, 0) is 37.1 Å². The standard InChI is InChI=1S/C18H18FN3O2/c19-14-9-4-5-10-15(14)21-18(24)22-12-6-11-16(22)17(23)20-13-7-2-1-3-8-13/h1-5,7-10,16H,6,11-12H2,(H,20,23)(H,21,24)/t16-/m1/s1. The third-order valence-corrected chi connectivity index (χ3v) is 3.97. The molecule has 1 aliphatic rings. The predicted octanol–water partition coefficient (Wildman–Crippen LogP) is 3.46. The molecule has 1 fully saturated rings. The van der Waals surface area contributed by atoms with Crippen LogP contribution in [0.25, 0.3) is 0 Å². The molecule has 0 unspecified atom stereocenters. The van der Waals surface area contributed by atoms with E-state index < -0.39 is 17.9 Å². The van der Waals surface area contributed by atoms with Crippen LogP contribution in [0.2, 0.25) is 0 Å². The lowest BCUT2D eigenvalue weighted by molar-refractivity contribution is -0.119. The Morgan fingerprint density at radius 2 is 1.71 bits per heavy atom. The minimum Gasteiger partial charge on any atom is -0.324 e. The zero-order valence-electron chi connectivity index (χ0n) is 13.0. The summed E-state index contributed by atoms with van der Waals surface area (Å²) in [5.41, 5.74) is 0.792. The highest BCUT2D eigenvalue weighted by Crippen LogP contribution is 2.21. The summed E-state index contributed by atoms with van der Waals surface area (Å²) in [5.74, 6) is -0.738. The highest BCUT2D eigenvalue weighted by Gasteiger charge is 2.34. The smallest absolute Gasteiger partial charge is 0.322 e. The van der Waals surface area contributed by atoms with Crippen LogP contribution in [0.5, 0.6) is 0 Å². The Morgan fingerprint density at radius 3 is 2.46 bits per heavy atom. The quantitative estimate of drug-likeness (QED) is 0.907. The molecule has 0 bridgehead atoms. The van der Waals surface area contributed by atoms with Crippen molar-refractivity contribution in [3.8, 4) is 0 Å². The fourth-order valence-electron chi connectivity index (χ4n) is 2.78. The van der Waals surface area contributed by atoms with E-state index in [9.17, 15) is 14.0 Å². The Morgan fingerprint density at radius 1 is 1.00 bits per heavy atom. The third kappa shape index (κ3) is 3.53. The molecule has 24 heavy (non-hydrogen) atoms. The molecule has 2 N–H and O–H groups in total. The molecule has 6 heteroatoms. The fraction of sp³-hybridized carbons (Fsp3) is 0.222. The number of benzene rings is 2. The van der Waals surface area contributed by atoms with Gasteiger partial charge in [-0.2, -0.15) is 0 Å². The number of likely N-dealkylation sites (tertiary alicyclic amines) is 1. The number of para-hydroxylation sites is 2. The molecule has 1 saturated heterocycles. The van der Waals surface area contributed by atoms with Crippen molar-refractivity contribution in [3.05, 3.63) is 60.4 Å². The van der Waals surface area contributed by atoms with Gasteiger partial charge in [-0.25, -0.2) is 9.18 Å². The molecular formula is C18H18FN3O2. The maximum absolute atomic E-state index is 13.7. The molecule has 3 amide bonds. The lowest BCUT2D eigenvalue weighted by Crippen LogP contribution is -2.45. The Bertz CT molecular complexity index is 736. The molecular weight excluding hydrogens is 309 g/mol. The van der Waals surface area contributed by atoms with Gasteiger partial charge in [-0.15, -0.1) is 0 Å². The highest BCUT2D eigenvalue weighted by atomic mass is 19.1. The fourth-order valence-corrected chi connectivity index (χ4v) is 2.78. The molecule has 0 aromatic heterocycles. The van der Waals surface area contributed by atoms with Crippen LogP contribution in [0.1, 0.15) is 12.8 Å². The zero-order chi connectivity index (χ0) is 16.9. The van der Waals surface area contributed by atoms with Crippen molar-refractivity contribution in [2.24, 2.45) is 0 Å². The van der Waals surface area contributed by atoms with Crippen LogP contribution in [0, 0.1) is 5.82 Å². The number of nitrogens with zero attached hydrogens (tertiary/aromatic N) is 1. The summed E-state index contributed by atoms with van der Waals surface area (Å²) in [6.07, 6.45) is 1.32. The summed E-state index contributed by atoms with van der Waals surface area (Å²) in [5, 5.41) is 5.34. The lowest BCUT2D eigenvalue weighted by atomic mass is 10.2. The van der Waals surface area contributed by atoms with E-state index in [1.54, 1.807) is 24.3 Å². The van der Waals surface area contributed by atoms with E-state index in [1.807, 2.05) is 18.2 Å². The largest absolute Gasteiger partial charge is 0.324 e. The number of carbonyl (C=O) groups excluding carboxylic acids is 2. The van der Waals surface area contributed by atoms with Gasteiger partial charge in [0.05, 0.1) is 5.69 Å². The average Bonchev–Trinajstić information content (AvgIpc) is 3.08. The summed E-state index contributed by atoms with van der Waals surface area (Å²) in [6, 6.07) is 14.0. The Balaban J connectivity index is 1.67. The SMILES string of the molecule is O=C(Nc1ccccc1)[C@H]1CCCN1C(=O)Nc1ccccc1F. The van der Waals surface area contributed by atoms with Gasteiger partial charge in [0, 0.05) is 12.2 Å². The minimum absolute atomic E-state index is 0.108.